The first kappa shape index (κ1) is 22.5. The van der Waals surface area contributed by atoms with Crippen LogP contribution in [0.4, 0.5) is 11.8 Å². The van der Waals surface area contributed by atoms with Crippen LogP contribution in [0.5, 0.6) is 0 Å². The third-order valence-electron chi connectivity index (χ3n) is 5.62. The lowest BCUT2D eigenvalue weighted by Gasteiger charge is -2.28. The summed E-state index contributed by atoms with van der Waals surface area (Å²) in [5, 5.41) is 0. The number of morpholine rings is 1. The van der Waals surface area contributed by atoms with Gasteiger partial charge in [0, 0.05) is 52.0 Å². The zero-order valence-electron chi connectivity index (χ0n) is 19.2. The SMILES string of the molecule is CN(Cc1nc2c(N3CCOCC3)nc(-c3cncnc3)nc2n1C)c1ncc(C(=O)ON)cn1. The number of aromatic nitrogens is 8. The molecule has 5 rings (SSSR count). The molecule has 4 aromatic heterocycles. The Labute approximate surface area is 199 Å². The van der Waals surface area contributed by atoms with E-state index in [-0.39, 0.29) is 5.56 Å². The Hall–Kier alpha value is -4.30. The van der Waals surface area contributed by atoms with Crippen LogP contribution in [-0.2, 0) is 23.2 Å². The molecule has 4 aromatic rings. The fourth-order valence-electron chi connectivity index (χ4n) is 3.75. The minimum Gasteiger partial charge on any atom is -0.378 e. The molecular weight excluding hydrogens is 454 g/mol. The van der Waals surface area contributed by atoms with E-state index in [0.717, 1.165) is 11.6 Å². The van der Waals surface area contributed by atoms with Gasteiger partial charge in [-0.3, -0.25) is 0 Å². The summed E-state index contributed by atoms with van der Waals surface area (Å²) in [4.78, 5) is 50.9. The van der Waals surface area contributed by atoms with Crippen molar-refractivity contribution in [2.75, 3.05) is 43.2 Å². The summed E-state index contributed by atoms with van der Waals surface area (Å²) in [6.07, 6.45) is 7.56. The number of nitrogens with two attached hydrogens (primary N) is 1. The van der Waals surface area contributed by atoms with Gasteiger partial charge in [0.2, 0.25) is 5.95 Å². The summed E-state index contributed by atoms with van der Waals surface area (Å²) in [5.74, 6) is 6.62. The number of aryl methyl sites for hydroxylation is 1. The molecule has 1 saturated heterocycles. The van der Waals surface area contributed by atoms with Crippen molar-refractivity contribution in [1.29, 1.82) is 0 Å². The molecule has 0 saturated carbocycles. The molecule has 0 spiro atoms. The summed E-state index contributed by atoms with van der Waals surface area (Å²) in [6, 6.07) is 0. The lowest BCUT2D eigenvalue weighted by molar-refractivity contribution is 0.0502. The van der Waals surface area contributed by atoms with E-state index in [1.54, 1.807) is 12.4 Å². The molecule has 14 heteroatoms. The zero-order valence-corrected chi connectivity index (χ0v) is 19.2. The number of ether oxygens (including phenoxy) is 1. The highest BCUT2D eigenvalue weighted by Gasteiger charge is 2.23. The molecule has 0 atom stereocenters. The van der Waals surface area contributed by atoms with Crippen molar-refractivity contribution in [2.24, 2.45) is 12.9 Å². The maximum Gasteiger partial charge on any atom is 0.359 e. The van der Waals surface area contributed by atoms with Crippen molar-refractivity contribution in [3.05, 3.63) is 42.5 Å². The molecule has 1 aliphatic heterocycles. The molecule has 35 heavy (non-hydrogen) atoms. The Bertz CT molecular complexity index is 1340. The number of hydrogen-bond acceptors (Lipinski definition) is 13. The number of nitrogens with zero attached hydrogens (tertiary/aromatic N) is 10. The van der Waals surface area contributed by atoms with Gasteiger partial charge in [0.05, 0.1) is 30.9 Å². The normalized spacial score (nSPS) is 13.7. The number of rotatable bonds is 6. The Kier molecular flexibility index (Phi) is 6.12. The lowest BCUT2D eigenvalue weighted by atomic mass is 10.3. The van der Waals surface area contributed by atoms with Gasteiger partial charge < -0.3 is 23.9 Å². The molecule has 180 valence electrons. The molecule has 5 heterocycles. The molecule has 0 unspecified atom stereocenters. The number of carbonyl (C=O) groups excluding carboxylic acids is 1. The van der Waals surface area contributed by atoms with Crippen molar-refractivity contribution in [3.8, 4) is 11.4 Å². The minimum absolute atomic E-state index is 0.162. The van der Waals surface area contributed by atoms with E-state index in [2.05, 4.69) is 29.7 Å². The van der Waals surface area contributed by atoms with Crippen molar-refractivity contribution in [3.63, 3.8) is 0 Å². The summed E-state index contributed by atoms with van der Waals surface area (Å²) >= 11 is 0. The molecular formula is C21H23N11O3. The fraction of sp³-hybridized carbons (Fsp3) is 0.333. The van der Waals surface area contributed by atoms with Gasteiger partial charge in [-0.2, -0.15) is 5.90 Å². The molecule has 2 N–H and O–H groups in total. The summed E-state index contributed by atoms with van der Waals surface area (Å²) < 4.78 is 7.44. The number of carbonyl (C=O) groups is 1. The average molecular weight is 477 g/mol. The molecule has 0 aromatic carbocycles. The van der Waals surface area contributed by atoms with Crippen molar-refractivity contribution in [2.45, 2.75) is 6.54 Å². The van der Waals surface area contributed by atoms with Crippen LogP contribution in [0.2, 0.25) is 0 Å². The predicted octanol–water partition coefficient (Wildman–Crippen LogP) is 0.114. The molecule has 14 nitrogen and oxygen atoms in total. The van der Waals surface area contributed by atoms with Gasteiger partial charge in [0.15, 0.2) is 22.8 Å². The predicted molar refractivity (Wildman–Crippen MR) is 124 cm³/mol. The van der Waals surface area contributed by atoms with Crippen molar-refractivity contribution in [1.82, 2.24) is 39.5 Å². The van der Waals surface area contributed by atoms with Crippen molar-refractivity contribution >= 4 is 28.9 Å². The maximum absolute atomic E-state index is 11.5. The highest BCUT2D eigenvalue weighted by molar-refractivity contribution is 5.88. The third-order valence-corrected chi connectivity index (χ3v) is 5.62. The number of imidazole rings is 1. The zero-order chi connectivity index (χ0) is 24.4. The first-order chi connectivity index (χ1) is 17.0. The van der Waals surface area contributed by atoms with Crippen LogP contribution in [0, 0.1) is 0 Å². The Balaban J connectivity index is 1.52. The standard InChI is InChI=1S/C21H23N11O3/c1-30(21-25-9-14(10-26-21)20(33)35-22)11-15-27-16-18(31(15)2)28-17(13-7-23-12-24-8-13)29-19(16)32-3-5-34-6-4-32/h7-10,12H,3-6,11,22H2,1-2H3. The summed E-state index contributed by atoms with van der Waals surface area (Å²) in [7, 11) is 3.73. The quantitative estimate of drug-likeness (QED) is 0.373. The number of anilines is 2. The smallest absolute Gasteiger partial charge is 0.359 e. The van der Waals surface area contributed by atoms with Gasteiger partial charge in [-0.25, -0.2) is 39.7 Å². The minimum atomic E-state index is -0.705. The summed E-state index contributed by atoms with van der Waals surface area (Å²) in [6.45, 7) is 3.02. The van der Waals surface area contributed by atoms with Gasteiger partial charge in [0.1, 0.15) is 12.2 Å². The summed E-state index contributed by atoms with van der Waals surface area (Å²) in [5.41, 5.74) is 2.26. The van der Waals surface area contributed by atoms with Crippen LogP contribution < -0.4 is 15.7 Å². The van der Waals surface area contributed by atoms with Gasteiger partial charge in [-0.05, 0) is 0 Å². The van der Waals surface area contributed by atoms with Crippen LogP contribution in [-0.4, -0.2) is 78.8 Å². The van der Waals surface area contributed by atoms with Gasteiger partial charge in [-0.1, -0.05) is 0 Å². The first-order valence-corrected chi connectivity index (χ1v) is 10.8. The Morgan fingerprint density at radius 3 is 2.51 bits per heavy atom. The van der Waals surface area contributed by atoms with Gasteiger partial charge in [0.25, 0.3) is 0 Å². The molecule has 0 aliphatic carbocycles. The van der Waals surface area contributed by atoms with E-state index < -0.39 is 5.97 Å². The van der Waals surface area contributed by atoms with Crippen molar-refractivity contribution < 1.29 is 14.4 Å². The molecule has 0 radical (unpaired) electrons. The second-order valence-corrected chi connectivity index (χ2v) is 7.89. The molecule has 1 aliphatic rings. The third kappa shape index (κ3) is 4.43. The molecule has 0 bridgehead atoms. The number of hydrogen-bond donors (Lipinski definition) is 1. The highest BCUT2D eigenvalue weighted by atomic mass is 16.7. The maximum atomic E-state index is 11.5. The van der Waals surface area contributed by atoms with Gasteiger partial charge >= 0.3 is 5.97 Å². The largest absolute Gasteiger partial charge is 0.378 e. The fourth-order valence-corrected chi connectivity index (χ4v) is 3.75. The average Bonchev–Trinajstić information content (AvgIpc) is 3.23. The van der Waals surface area contributed by atoms with E-state index in [4.69, 9.17) is 25.6 Å². The van der Waals surface area contributed by atoms with E-state index in [9.17, 15) is 4.79 Å². The Morgan fingerprint density at radius 1 is 1.11 bits per heavy atom. The van der Waals surface area contributed by atoms with E-state index in [0.29, 0.717) is 61.3 Å². The highest BCUT2D eigenvalue weighted by Crippen LogP contribution is 2.28. The van der Waals surface area contributed by atoms with E-state index in [1.807, 2.05) is 23.6 Å². The van der Waals surface area contributed by atoms with Crippen LogP contribution in [0.15, 0.2) is 31.1 Å². The van der Waals surface area contributed by atoms with Crippen LogP contribution in [0.3, 0.4) is 0 Å². The topological polar surface area (TPSA) is 163 Å². The second-order valence-electron chi connectivity index (χ2n) is 7.89. The Morgan fingerprint density at radius 2 is 1.83 bits per heavy atom. The van der Waals surface area contributed by atoms with Crippen LogP contribution in [0.25, 0.3) is 22.6 Å². The lowest BCUT2D eigenvalue weighted by Crippen LogP contribution is -2.37. The second kappa shape index (κ2) is 9.52. The molecule has 1 fully saturated rings. The monoisotopic (exact) mass is 477 g/mol. The van der Waals surface area contributed by atoms with Crippen LogP contribution in [0.1, 0.15) is 16.2 Å². The first-order valence-electron chi connectivity index (χ1n) is 10.8. The van der Waals surface area contributed by atoms with Crippen LogP contribution >= 0.6 is 0 Å². The molecule has 0 amide bonds. The number of fused-ring (bicyclic) bond motifs is 1. The van der Waals surface area contributed by atoms with Gasteiger partial charge in [-0.15, -0.1) is 0 Å². The van der Waals surface area contributed by atoms with E-state index in [1.165, 1.54) is 18.7 Å². The van der Waals surface area contributed by atoms with E-state index >= 15 is 0 Å².